The average molecular weight is 866 g/mol. The first-order valence-corrected chi connectivity index (χ1v) is 23.0. The van der Waals surface area contributed by atoms with E-state index in [4.69, 9.17) is 21.4 Å². The lowest BCUT2D eigenvalue weighted by Crippen LogP contribution is -2.30. The molecule has 0 aliphatic carbocycles. The summed E-state index contributed by atoms with van der Waals surface area (Å²) >= 11 is 0. The number of aliphatic imine (C=N–C) groups is 1. The number of aromatic nitrogens is 6. The van der Waals surface area contributed by atoms with Crippen LogP contribution in [0.25, 0.3) is 66.6 Å². The Morgan fingerprint density at radius 1 is 0.754 bits per heavy atom. The van der Waals surface area contributed by atoms with Gasteiger partial charge in [0.25, 0.3) is 0 Å². The molecule has 12 nitrogen and oxygen atoms in total. The number of benzene rings is 2. The smallest absolute Gasteiger partial charge is 0.224 e. The van der Waals surface area contributed by atoms with E-state index in [2.05, 4.69) is 116 Å². The van der Waals surface area contributed by atoms with E-state index >= 15 is 0 Å². The Bertz CT molecular complexity index is 3170. The van der Waals surface area contributed by atoms with Crippen LogP contribution in [0.5, 0.6) is 0 Å². The van der Waals surface area contributed by atoms with Crippen LogP contribution in [0.4, 0.5) is 17.2 Å². The number of nitrogens with one attached hydrogen (secondary N) is 4. The minimum Gasteiger partial charge on any atom is -0.398 e. The van der Waals surface area contributed by atoms with Crippen LogP contribution < -0.4 is 22.1 Å². The number of allylic oxidation sites excluding steroid dienone is 4. The lowest BCUT2D eigenvalue weighted by atomic mass is 9.94. The summed E-state index contributed by atoms with van der Waals surface area (Å²) in [6, 6.07) is 20.7. The van der Waals surface area contributed by atoms with Crippen LogP contribution in [-0.2, 0) is 24.2 Å². The third-order valence-electron chi connectivity index (χ3n) is 13.5. The van der Waals surface area contributed by atoms with Gasteiger partial charge in [0, 0.05) is 57.6 Å². The first-order valence-electron chi connectivity index (χ1n) is 23.0. The highest BCUT2D eigenvalue weighted by atomic mass is 16.1. The molecule has 0 fully saturated rings. The van der Waals surface area contributed by atoms with Crippen molar-refractivity contribution in [1.82, 2.24) is 34.8 Å². The molecule has 4 aromatic heterocycles. The van der Waals surface area contributed by atoms with Gasteiger partial charge in [-0.2, -0.15) is 0 Å². The minimum atomic E-state index is -0.405. The quantitative estimate of drug-likeness (QED) is 0.0701. The Kier molecular flexibility index (Phi) is 11.6. The number of nitrogens with zero attached hydrogens (tertiary/aromatic N) is 5. The number of hydrogen-bond acceptors (Lipinski definition) is 8. The van der Waals surface area contributed by atoms with Crippen LogP contribution in [0.3, 0.4) is 0 Å². The van der Waals surface area contributed by atoms with Crippen LogP contribution in [-0.4, -0.2) is 41.7 Å². The van der Waals surface area contributed by atoms with E-state index < -0.39 is 6.17 Å². The normalized spacial score (nSPS) is 14.6. The van der Waals surface area contributed by atoms with Gasteiger partial charge in [-0.05, 0) is 129 Å². The van der Waals surface area contributed by atoms with Gasteiger partial charge in [-0.1, -0.05) is 64.1 Å². The topological polar surface area (TPSA) is 181 Å². The Hall–Kier alpha value is -7.05. The molecule has 8 bridgehead atoms. The van der Waals surface area contributed by atoms with Crippen molar-refractivity contribution < 1.29 is 4.79 Å². The summed E-state index contributed by atoms with van der Waals surface area (Å²) < 4.78 is 1.95. The molecule has 6 aromatic rings. The molecule has 0 saturated heterocycles. The maximum absolute atomic E-state index is 13.9. The number of nitrogen functional groups attached to an aromatic ring is 1. The van der Waals surface area contributed by atoms with Gasteiger partial charge in [-0.25, -0.2) is 19.9 Å². The van der Waals surface area contributed by atoms with Gasteiger partial charge in [0.2, 0.25) is 5.91 Å². The number of hydrogen-bond donors (Lipinski definition) is 6. The molecular weight excluding hydrogens is 807 g/mol. The molecule has 3 aliphatic heterocycles. The highest BCUT2D eigenvalue weighted by Gasteiger charge is 2.27. The largest absolute Gasteiger partial charge is 0.398 e. The standard InChI is InChI=1S/C53H59N11O/c1-9-32-28(5)47-45(36-18-13-15-20-38(36)54)48-29(6)33(10-2)41(61-48)25-43-35(12-4)31(8)50(63-43)46(49-30(7)34(11-3)42(62-49)24-40(32)60-47)37-19-14-16-21-39(37)59-44(65)22-17-23-64-27-58-51-52(55)56-26-57-53(51)64/h13-16,18-21,24-27,52,60,63H,9-12,17,22-23,54-55H2,1-8H3,(H,56,57)(H,59,65). The van der Waals surface area contributed by atoms with E-state index in [0.29, 0.717) is 30.8 Å². The van der Waals surface area contributed by atoms with Gasteiger partial charge in [0.1, 0.15) is 11.9 Å². The minimum absolute atomic E-state index is 0.0805. The number of rotatable bonds is 11. The maximum atomic E-state index is 13.9. The third kappa shape index (κ3) is 7.45. The van der Waals surface area contributed by atoms with Crippen molar-refractivity contribution in [2.75, 3.05) is 11.1 Å². The molecule has 65 heavy (non-hydrogen) atoms. The zero-order chi connectivity index (χ0) is 45.7. The van der Waals surface area contributed by atoms with Crippen LogP contribution >= 0.6 is 0 Å². The fourth-order valence-corrected chi connectivity index (χ4v) is 10.2. The van der Waals surface area contributed by atoms with Crippen molar-refractivity contribution in [2.24, 2.45) is 10.7 Å². The summed E-state index contributed by atoms with van der Waals surface area (Å²) in [6.45, 7) is 18.2. The van der Waals surface area contributed by atoms with E-state index in [0.717, 1.165) is 121 Å². The monoisotopic (exact) mass is 865 g/mol. The second-order valence-electron chi connectivity index (χ2n) is 17.2. The van der Waals surface area contributed by atoms with E-state index in [9.17, 15) is 4.79 Å². The summed E-state index contributed by atoms with van der Waals surface area (Å²) in [5.74, 6) is 0.639. The molecule has 3 aliphatic rings. The maximum Gasteiger partial charge on any atom is 0.224 e. The van der Waals surface area contributed by atoms with Crippen molar-refractivity contribution >= 4 is 73.8 Å². The van der Waals surface area contributed by atoms with Gasteiger partial charge in [-0.3, -0.25) is 4.79 Å². The highest BCUT2D eigenvalue weighted by molar-refractivity contribution is 6.06. The molecule has 0 radical (unpaired) electrons. The molecule has 12 heteroatoms. The number of carbonyl (C=O) groups is 1. The SMILES string of the molecule is CCC1=C(C)c2nc1cc1[nH]c(c(C)c1CC)c(-c1ccccc1NC(=O)CCCn1cnc3c1N=CNC3N)c1nc(cc3[nH]c(c(C)c3CC)c2-c2ccccc2N)C(CC)=C1C. The van der Waals surface area contributed by atoms with Gasteiger partial charge in [0.05, 0.1) is 46.5 Å². The summed E-state index contributed by atoms with van der Waals surface area (Å²) in [5, 5.41) is 6.29. The predicted molar refractivity (Wildman–Crippen MR) is 268 cm³/mol. The van der Waals surface area contributed by atoms with Gasteiger partial charge >= 0.3 is 0 Å². The number of carbonyl (C=O) groups excluding carboxylic acids is 1. The third-order valence-corrected chi connectivity index (χ3v) is 13.5. The highest BCUT2D eigenvalue weighted by Crippen LogP contribution is 2.45. The summed E-state index contributed by atoms with van der Waals surface area (Å²) in [4.78, 5) is 41.8. The van der Waals surface area contributed by atoms with Gasteiger partial charge < -0.3 is 36.6 Å². The van der Waals surface area contributed by atoms with Crippen molar-refractivity contribution in [3.8, 4) is 22.3 Å². The predicted octanol–water partition coefficient (Wildman–Crippen LogP) is 11.5. The molecule has 2 aromatic carbocycles. The Morgan fingerprint density at radius 3 is 1.88 bits per heavy atom. The van der Waals surface area contributed by atoms with E-state index in [1.54, 1.807) is 12.7 Å². The van der Waals surface area contributed by atoms with Crippen molar-refractivity contribution in [2.45, 2.75) is 107 Å². The number of para-hydroxylation sites is 2. The van der Waals surface area contributed by atoms with Crippen molar-refractivity contribution in [3.63, 3.8) is 0 Å². The number of anilines is 2. The van der Waals surface area contributed by atoms with Gasteiger partial charge in [0.15, 0.2) is 5.82 Å². The van der Waals surface area contributed by atoms with E-state index in [1.165, 1.54) is 27.8 Å². The number of fused-ring (bicyclic) bond motifs is 9. The number of amides is 1. The van der Waals surface area contributed by atoms with Gasteiger partial charge in [-0.15, -0.1) is 0 Å². The van der Waals surface area contributed by atoms with Crippen LogP contribution in [0, 0.1) is 13.8 Å². The molecule has 8 N–H and O–H groups in total. The molecule has 7 heterocycles. The van der Waals surface area contributed by atoms with Crippen LogP contribution in [0.2, 0.25) is 0 Å². The van der Waals surface area contributed by atoms with Crippen molar-refractivity contribution in [3.05, 3.63) is 118 Å². The number of H-pyrrole nitrogens is 2. The van der Waals surface area contributed by atoms with Crippen LogP contribution in [0.1, 0.15) is 124 Å². The fraction of sp³-hybridized carbons (Fsp3) is 0.302. The lowest BCUT2D eigenvalue weighted by Gasteiger charge is -2.16. The number of aromatic amines is 2. The zero-order valence-electron chi connectivity index (χ0n) is 38.8. The number of imidazole rings is 1. The Morgan fingerprint density at radius 2 is 1.31 bits per heavy atom. The molecule has 0 saturated carbocycles. The lowest BCUT2D eigenvalue weighted by molar-refractivity contribution is -0.116. The molecule has 1 atom stereocenters. The Labute approximate surface area is 380 Å². The second-order valence-corrected chi connectivity index (χ2v) is 17.2. The molecule has 0 spiro atoms. The summed E-state index contributed by atoms with van der Waals surface area (Å²) in [6.07, 6.45) is 7.06. The van der Waals surface area contributed by atoms with Crippen molar-refractivity contribution in [1.29, 1.82) is 0 Å². The average Bonchev–Trinajstić information content (AvgIpc) is 4.09. The Balaban J connectivity index is 1.29. The van der Waals surface area contributed by atoms with Crippen LogP contribution in [0.15, 0.2) is 72.0 Å². The first kappa shape index (κ1) is 43.2. The summed E-state index contributed by atoms with van der Waals surface area (Å²) in [7, 11) is 0. The second kappa shape index (κ2) is 17.5. The molecule has 1 amide bonds. The fourth-order valence-electron chi connectivity index (χ4n) is 10.2. The van der Waals surface area contributed by atoms with E-state index in [1.807, 2.05) is 34.9 Å². The number of nitrogens with two attached hydrogens (primary N) is 2. The summed E-state index contributed by atoms with van der Waals surface area (Å²) in [5.41, 5.74) is 35.9. The molecular formula is C53H59N11O. The zero-order valence-corrected chi connectivity index (χ0v) is 38.8. The number of aryl methyl sites for hydroxylation is 5. The molecule has 1 unspecified atom stereocenters. The molecule has 9 rings (SSSR count). The molecule has 332 valence electrons. The first-order chi connectivity index (χ1) is 31.5. The van der Waals surface area contributed by atoms with E-state index in [-0.39, 0.29) is 5.91 Å².